The van der Waals surface area contributed by atoms with Crippen LogP contribution in [0.1, 0.15) is 18.4 Å². The number of amidine groups is 1. The molecule has 3 N–H and O–H groups in total. The minimum absolute atomic E-state index is 0.121. The maximum absolute atomic E-state index is 12.5. The van der Waals surface area contributed by atoms with E-state index < -0.39 is 10.2 Å². The van der Waals surface area contributed by atoms with Crippen molar-refractivity contribution in [1.29, 1.82) is 0 Å². The summed E-state index contributed by atoms with van der Waals surface area (Å²) in [6.45, 7) is 1.05. The summed E-state index contributed by atoms with van der Waals surface area (Å²) in [5.41, 5.74) is 6.35. The third-order valence-corrected chi connectivity index (χ3v) is 5.27. The van der Waals surface area contributed by atoms with Gasteiger partial charge in [0.05, 0.1) is 5.69 Å². The third kappa shape index (κ3) is 2.56. The SMILES string of the molecule is CN(c1ccccc1/C(N)=N/O)S(=O)(=O)N1CCCC1. The van der Waals surface area contributed by atoms with Crippen LogP contribution in [0.2, 0.25) is 0 Å². The van der Waals surface area contributed by atoms with E-state index in [0.29, 0.717) is 24.3 Å². The lowest BCUT2D eigenvalue weighted by molar-refractivity contribution is 0.318. The fraction of sp³-hybridized carbons (Fsp3) is 0.417. The maximum atomic E-state index is 12.5. The number of hydrogen-bond donors (Lipinski definition) is 2. The molecule has 1 aromatic carbocycles. The van der Waals surface area contributed by atoms with Gasteiger partial charge in [-0.3, -0.25) is 4.31 Å². The van der Waals surface area contributed by atoms with Gasteiger partial charge in [-0.25, -0.2) is 0 Å². The summed E-state index contributed by atoms with van der Waals surface area (Å²) < 4.78 is 27.6. The van der Waals surface area contributed by atoms with E-state index in [0.717, 1.165) is 12.8 Å². The van der Waals surface area contributed by atoms with Crippen LogP contribution in [0.25, 0.3) is 0 Å². The smallest absolute Gasteiger partial charge is 0.303 e. The fourth-order valence-electron chi connectivity index (χ4n) is 2.24. The van der Waals surface area contributed by atoms with E-state index in [2.05, 4.69) is 5.16 Å². The Bertz CT molecular complexity index is 609. The van der Waals surface area contributed by atoms with Crippen LogP contribution in [0.5, 0.6) is 0 Å². The number of oxime groups is 1. The second-order valence-electron chi connectivity index (χ2n) is 4.58. The number of nitrogens with zero attached hydrogens (tertiary/aromatic N) is 3. The minimum Gasteiger partial charge on any atom is -0.409 e. The van der Waals surface area contributed by atoms with Crippen LogP contribution in [0, 0.1) is 0 Å². The van der Waals surface area contributed by atoms with Crippen molar-refractivity contribution in [2.24, 2.45) is 10.9 Å². The van der Waals surface area contributed by atoms with Gasteiger partial charge in [-0.1, -0.05) is 17.3 Å². The van der Waals surface area contributed by atoms with Crippen molar-refractivity contribution in [1.82, 2.24) is 4.31 Å². The van der Waals surface area contributed by atoms with Crippen molar-refractivity contribution in [2.45, 2.75) is 12.8 Å². The molecule has 1 aliphatic heterocycles. The van der Waals surface area contributed by atoms with Crippen molar-refractivity contribution in [3.8, 4) is 0 Å². The number of anilines is 1. The van der Waals surface area contributed by atoms with E-state index in [1.54, 1.807) is 24.3 Å². The van der Waals surface area contributed by atoms with Gasteiger partial charge >= 0.3 is 10.2 Å². The third-order valence-electron chi connectivity index (χ3n) is 3.36. The molecule has 1 aliphatic rings. The van der Waals surface area contributed by atoms with Gasteiger partial charge in [-0.2, -0.15) is 12.7 Å². The van der Waals surface area contributed by atoms with Crippen LogP contribution in [-0.4, -0.2) is 43.9 Å². The number of rotatable bonds is 4. The molecule has 1 saturated heterocycles. The van der Waals surface area contributed by atoms with Crippen molar-refractivity contribution in [2.75, 3.05) is 24.4 Å². The minimum atomic E-state index is -3.58. The molecule has 0 saturated carbocycles. The molecule has 0 spiro atoms. The van der Waals surface area contributed by atoms with Gasteiger partial charge in [0.15, 0.2) is 5.84 Å². The zero-order valence-corrected chi connectivity index (χ0v) is 12.0. The molecule has 0 unspecified atom stereocenters. The molecule has 20 heavy (non-hydrogen) atoms. The Morgan fingerprint density at radius 3 is 2.55 bits per heavy atom. The molecule has 0 amide bonds. The molecule has 2 rings (SSSR count). The first-order chi connectivity index (χ1) is 9.48. The quantitative estimate of drug-likeness (QED) is 0.367. The summed E-state index contributed by atoms with van der Waals surface area (Å²) in [5.74, 6) is -0.121. The highest BCUT2D eigenvalue weighted by Gasteiger charge is 2.30. The molecule has 7 nitrogen and oxygen atoms in total. The Labute approximate surface area is 118 Å². The number of nitrogens with two attached hydrogens (primary N) is 1. The largest absolute Gasteiger partial charge is 0.409 e. The maximum Gasteiger partial charge on any atom is 0.303 e. The molecule has 0 radical (unpaired) electrons. The Kier molecular flexibility index (Phi) is 4.15. The van der Waals surface area contributed by atoms with Crippen LogP contribution >= 0.6 is 0 Å². The first-order valence-electron chi connectivity index (χ1n) is 6.29. The Morgan fingerprint density at radius 1 is 1.35 bits per heavy atom. The van der Waals surface area contributed by atoms with Crippen LogP contribution in [0.4, 0.5) is 5.69 Å². The van der Waals surface area contributed by atoms with Gasteiger partial charge in [0.1, 0.15) is 0 Å². The second kappa shape index (κ2) is 5.68. The van der Waals surface area contributed by atoms with Crippen molar-refractivity contribution >= 4 is 21.7 Å². The van der Waals surface area contributed by atoms with Gasteiger partial charge < -0.3 is 10.9 Å². The average Bonchev–Trinajstić information content (AvgIpc) is 3.00. The topological polar surface area (TPSA) is 99.2 Å². The molecule has 0 atom stereocenters. The predicted octanol–water partition coefficient (Wildman–Crippen LogP) is 0.558. The molecule has 1 aromatic rings. The summed E-state index contributed by atoms with van der Waals surface area (Å²) in [7, 11) is -2.11. The van der Waals surface area contributed by atoms with Crippen molar-refractivity contribution in [3.63, 3.8) is 0 Å². The molecular weight excluding hydrogens is 280 g/mol. The lowest BCUT2D eigenvalue weighted by atomic mass is 10.1. The second-order valence-corrected chi connectivity index (χ2v) is 6.54. The number of benzene rings is 1. The zero-order valence-electron chi connectivity index (χ0n) is 11.2. The predicted molar refractivity (Wildman–Crippen MR) is 77.1 cm³/mol. The van der Waals surface area contributed by atoms with Crippen molar-refractivity contribution in [3.05, 3.63) is 29.8 Å². The zero-order chi connectivity index (χ0) is 14.8. The lowest BCUT2D eigenvalue weighted by Crippen LogP contribution is -2.41. The summed E-state index contributed by atoms with van der Waals surface area (Å²) in [6, 6.07) is 6.65. The molecule has 0 aromatic heterocycles. The van der Waals surface area contributed by atoms with Crippen LogP contribution < -0.4 is 10.0 Å². The summed E-state index contributed by atoms with van der Waals surface area (Å²) in [5, 5.41) is 11.7. The van der Waals surface area contributed by atoms with E-state index in [1.807, 2.05) is 0 Å². The Morgan fingerprint density at radius 2 is 1.95 bits per heavy atom. The normalized spacial score (nSPS) is 17.4. The van der Waals surface area contributed by atoms with Crippen LogP contribution in [0.3, 0.4) is 0 Å². The molecular formula is C12H18N4O3S. The molecule has 0 bridgehead atoms. The first kappa shape index (κ1) is 14.6. The summed E-state index contributed by atoms with van der Waals surface area (Å²) >= 11 is 0. The standard InChI is InChI=1S/C12H18N4O3S/c1-15(20(18,19)16-8-4-5-9-16)11-7-3-2-6-10(11)12(13)14-17/h2-3,6-7,17H,4-5,8-9H2,1H3,(H2,13,14). The fourth-order valence-corrected chi connectivity index (χ4v) is 3.71. The first-order valence-corrected chi connectivity index (χ1v) is 7.69. The molecule has 8 heteroatoms. The van der Waals surface area contributed by atoms with Gasteiger partial charge in [0, 0.05) is 25.7 Å². The summed E-state index contributed by atoms with van der Waals surface area (Å²) in [6.07, 6.45) is 1.74. The Hall–Kier alpha value is -1.80. The van der Waals surface area contributed by atoms with E-state index in [-0.39, 0.29) is 5.84 Å². The van der Waals surface area contributed by atoms with Gasteiger partial charge in [-0.05, 0) is 25.0 Å². The molecule has 1 fully saturated rings. The highest BCUT2D eigenvalue weighted by Crippen LogP contribution is 2.25. The molecule has 110 valence electrons. The number of para-hydroxylation sites is 1. The van der Waals surface area contributed by atoms with E-state index in [9.17, 15) is 8.42 Å². The number of hydrogen-bond acceptors (Lipinski definition) is 4. The van der Waals surface area contributed by atoms with E-state index in [1.165, 1.54) is 15.7 Å². The monoisotopic (exact) mass is 298 g/mol. The molecule has 1 heterocycles. The van der Waals surface area contributed by atoms with Crippen LogP contribution in [0.15, 0.2) is 29.4 Å². The van der Waals surface area contributed by atoms with Gasteiger partial charge in [0.2, 0.25) is 0 Å². The average molecular weight is 298 g/mol. The van der Waals surface area contributed by atoms with Gasteiger partial charge in [0.25, 0.3) is 0 Å². The highest BCUT2D eigenvalue weighted by atomic mass is 32.2. The van der Waals surface area contributed by atoms with Crippen molar-refractivity contribution < 1.29 is 13.6 Å². The highest BCUT2D eigenvalue weighted by molar-refractivity contribution is 7.90. The summed E-state index contributed by atoms with van der Waals surface area (Å²) in [4.78, 5) is 0. The van der Waals surface area contributed by atoms with Gasteiger partial charge in [-0.15, -0.1) is 0 Å². The van der Waals surface area contributed by atoms with Crippen LogP contribution in [-0.2, 0) is 10.2 Å². The Balaban J connectivity index is 2.41. The van der Waals surface area contributed by atoms with E-state index >= 15 is 0 Å². The van der Waals surface area contributed by atoms with E-state index in [4.69, 9.17) is 10.9 Å². The molecule has 0 aliphatic carbocycles. The lowest BCUT2D eigenvalue weighted by Gasteiger charge is -2.26.